The lowest BCUT2D eigenvalue weighted by Gasteiger charge is -2.24. The first-order valence-electron chi connectivity index (χ1n) is 18.9. The van der Waals surface area contributed by atoms with Gasteiger partial charge >= 0.3 is 0 Å². The number of nitrogens with zero attached hydrogens (tertiary/aromatic N) is 3. The molecule has 0 fully saturated rings. The van der Waals surface area contributed by atoms with Crippen LogP contribution in [0.25, 0.3) is 71.7 Å². The van der Waals surface area contributed by atoms with E-state index in [1.165, 1.54) is 21.8 Å². The van der Waals surface area contributed by atoms with Crippen LogP contribution in [0.3, 0.4) is 0 Å². The first kappa shape index (κ1) is 32.0. The third kappa shape index (κ3) is 5.32. The summed E-state index contributed by atoms with van der Waals surface area (Å²) in [6.45, 7) is 0. The standard InChI is InChI=1S/C51H34N4O/c1-4-15-33(16-5-1)35-19-12-20-37(31-35)50-52-49(34-17-6-2-7-18-34)53-51(54-50)42-26-13-25-41-47-39(24-14-28-46(47)56-48(41)42)36-29-30-45-43(32-36)40-23-10-11-27-44(40)55(45)38-21-8-3-9-22-38/h1-32,50H,(H,52,53,54). The number of hydrogen-bond acceptors (Lipinski definition) is 4. The summed E-state index contributed by atoms with van der Waals surface area (Å²) in [6, 6.07) is 68.0. The monoisotopic (exact) mass is 718 g/mol. The van der Waals surface area contributed by atoms with Gasteiger partial charge in [0.05, 0.1) is 16.6 Å². The normalized spacial score (nSPS) is 14.2. The average molecular weight is 719 g/mol. The van der Waals surface area contributed by atoms with Crippen LogP contribution in [0.1, 0.15) is 22.9 Å². The van der Waals surface area contributed by atoms with Crippen LogP contribution in [0, 0.1) is 0 Å². The number of rotatable bonds is 6. The average Bonchev–Trinajstić information content (AvgIpc) is 3.83. The quantitative estimate of drug-likeness (QED) is 0.186. The van der Waals surface area contributed by atoms with E-state index in [-0.39, 0.29) is 6.17 Å². The topological polar surface area (TPSA) is 54.8 Å². The number of aromatic nitrogens is 1. The molecule has 8 aromatic carbocycles. The molecule has 1 aliphatic heterocycles. The molecule has 5 nitrogen and oxygen atoms in total. The third-order valence-corrected chi connectivity index (χ3v) is 10.9. The van der Waals surface area contributed by atoms with Gasteiger partial charge in [0.2, 0.25) is 0 Å². The van der Waals surface area contributed by atoms with Crippen molar-refractivity contribution in [3.8, 4) is 27.9 Å². The zero-order valence-corrected chi connectivity index (χ0v) is 30.3. The number of benzene rings is 8. The highest BCUT2D eigenvalue weighted by molar-refractivity contribution is 6.21. The van der Waals surface area contributed by atoms with Crippen molar-refractivity contribution in [2.24, 2.45) is 9.98 Å². The SMILES string of the molecule is c1ccc(C2=NC(c3cccc4c3oc3cccc(-c5ccc6c(c5)c5ccccc5n6-c5ccccc5)c34)=NC(c3cccc(-c4ccccc4)c3)N2)cc1. The molecular weight excluding hydrogens is 685 g/mol. The molecule has 1 atom stereocenters. The Hall–Kier alpha value is -7.50. The molecule has 0 amide bonds. The van der Waals surface area contributed by atoms with Gasteiger partial charge in [-0.15, -0.1) is 0 Å². The van der Waals surface area contributed by atoms with Gasteiger partial charge in [-0.1, -0.05) is 146 Å². The van der Waals surface area contributed by atoms with Crippen molar-refractivity contribution in [2.45, 2.75) is 6.17 Å². The highest BCUT2D eigenvalue weighted by atomic mass is 16.3. The molecule has 0 saturated carbocycles. The van der Waals surface area contributed by atoms with Gasteiger partial charge in [0, 0.05) is 32.8 Å². The van der Waals surface area contributed by atoms with Crippen LogP contribution in [0.5, 0.6) is 0 Å². The van der Waals surface area contributed by atoms with Gasteiger partial charge in [-0.2, -0.15) is 0 Å². The number of para-hydroxylation sites is 3. The van der Waals surface area contributed by atoms with Gasteiger partial charge in [0.25, 0.3) is 0 Å². The second kappa shape index (κ2) is 13.1. The minimum atomic E-state index is -0.360. The molecule has 1 N–H and O–H groups in total. The van der Waals surface area contributed by atoms with E-state index in [1.807, 2.05) is 24.3 Å². The number of furan rings is 1. The first-order valence-corrected chi connectivity index (χ1v) is 18.9. The predicted molar refractivity (Wildman–Crippen MR) is 231 cm³/mol. The molecule has 5 heteroatoms. The fourth-order valence-corrected chi connectivity index (χ4v) is 8.26. The van der Waals surface area contributed by atoms with Crippen LogP contribution in [-0.4, -0.2) is 16.2 Å². The second-order valence-electron chi connectivity index (χ2n) is 14.2. The molecule has 1 unspecified atom stereocenters. The Morgan fingerprint density at radius 3 is 1.98 bits per heavy atom. The van der Waals surface area contributed by atoms with Gasteiger partial charge in [0.15, 0.2) is 5.84 Å². The molecule has 56 heavy (non-hydrogen) atoms. The zero-order chi connectivity index (χ0) is 37.0. The van der Waals surface area contributed by atoms with Gasteiger partial charge < -0.3 is 14.3 Å². The molecule has 264 valence electrons. The molecule has 10 aromatic rings. The van der Waals surface area contributed by atoms with Crippen molar-refractivity contribution in [2.75, 3.05) is 0 Å². The smallest absolute Gasteiger partial charge is 0.163 e. The summed E-state index contributed by atoms with van der Waals surface area (Å²) in [5, 5.41) is 8.17. The van der Waals surface area contributed by atoms with Crippen molar-refractivity contribution < 1.29 is 4.42 Å². The fourth-order valence-electron chi connectivity index (χ4n) is 8.26. The lowest BCUT2D eigenvalue weighted by Crippen LogP contribution is -2.33. The summed E-state index contributed by atoms with van der Waals surface area (Å²) in [7, 11) is 0. The van der Waals surface area contributed by atoms with E-state index in [4.69, 9.17) is 14.4 Å². The third-order valence-electron chi connectivity index (χ3n) is 10.9. The maximum atomic E-state index is 6.80. The van der Waals surface area contributed by atoms with Crippen LogP contribution >= 0.6 is 0 Å². The van der Waals surface area contributed by atoms with E-state index >= 15 is 0 Å². The molecule has 0 saturated heterocycles. The Labute approximate surface area is 323 Å². The van der Waals surface area contributed by atoms with Crippen LogP contribution in [0.4, 0.5) is 0 Å². The van der Waals surface area contributed by atoms with E-state index in [0.717, 1.165) is 72.4 Å². The first-order chi connectivity index (χ1) is 27.8. The molecular formula is C51H34N4O. The Kier molecular flexibility index (Phi) is 7.49. The lowest BCUT2D eigenvalue weighted by molar-refractivity contribution is 0.663. The Morgan fingerprint density at radius 2 is 1.14 bits per heavy atom. The van der Waals surface area contributed by atoms with Gasteiger partial charge in [0.1, 0.15) is 23.2 Å². The van der Waals surface area contributed by atoms with Crippen molar-refractivity contribution in [3.63, 3.8) is 0 Å². The van der Waals surface area contributed by atoms with Crippen LogP contribution < -0.4 is 5.32 Å². The van der Waals surface area contributed by atoms with E-state index in [2.05, 4.69) is 180 Å². The molecule has 0 bridgehead atoms. The predicted octanol–water partition coefficient (Wildman–Crippen LogP) is 12.5. The highest BCUT2D eigenvalue weighted by Crippen LogP contribution is 2.41. The Balaban J connectivity index is 1.07. The largest absolute Gasteiger partial charge is 0.455 e. The molecule has 0 radical (unpaired) electrons. The number of fused-ring (bicyclic) bond motifs is 6. The Morgan fingerprint density at radius 1 is 0.482 bits per heavy atom. The second-order valence-corrected chi connectivity index (χ2v) is 14.2. The molecule has 11 rings (SSSR count). The summed E-state index contributed by atoms with van der Waals surface area (Å²) in [4.78, 5) is 10.4. The van der Waals surface area contributed by atoms with Crippen molar-refractivity contribution >= 4 is 55.4 Å². The van der Waals surface area contributed by atoms with E-state index in [1.54, 1.807) is 0 Å². The van der Waals surface area contributed by atoms with E-state index < -0.39 is 0 Å². The minimum absolute atomic E-state index is 0.360. The van der Waals surface area contributed by atoms with Gasteiger partial charge in [-0.3, -0.25) is 0 Å². The highest BCUT2D eigenvalue weighted by Gasteiger charge is 2.25. The maximum Gasteiger partial charge on any atom is 0.163 e. The molecule has 1 aliphatic rings. The number of hydrogen-bond donors (Lipinski definition) is 1. The molecule has 0 aliphatic carbocycles. The molecule has 2 aromatic heterocycles. The van der Waals surface area contributed by atoms with E-state index in [9.17, 15) is 0 Å². The zero-order valence-electron chi connectivity index (χ0n) is 30.3. The van der Waals surface area contributed by atoms with Gasteiger partial charge in [-0.25, -0.2) is 9.98 Å². The van der Waals surface area contributed by atoms with E-state index in [0.29, 0.717) is 5.84 Å². The Bertz CT molecular complexity index is 3160. The molecule has 0 spiro atoms. The lowest BCUT2D eigenvalue weighted by atomic mass is 9.97. The van der Waals surface area contributed by atoms with Crippen molar-refractivity contribution in [1.29, 1.82) is 0 Å². The van der Waals surface area contributed by atoms with Gasteiger partial charge in [-0.05, 0) is 76.3 Å². The van der Waals surface area contributed by atoms with Crippen LogP contribution in [0.2, 0.25) is 0 Å². The summed E-state index contributed by atoms with van der Waals surface area (Å²) in [5.41, 5.74) is 12.5. The van der Waals surface area contributed by atoms with Crippen LogP contribution in [0.15, 0.2) is 209 Å². The number of aliphatic imine (C=N–C) groups is 2. The summed E-state index contributed by atoms with van der Waals surface area (Å²) in [6.07, 6.45) is -0.360. The number of amidine groups is 2. The molecule has 3 heterocycles. The minimum Gasteiger partial charge on any atom is -0.455 e. The number of nitrogens with one attached hydrogen (secondary N) is 1. The summed E-state index contributed by atoms with van der Waals surface area (Å²) >= 11 is 0. The maximum absolute atomic E-state index is 6.80. The summed E-state index contributed by atoms with van der Waals surface area (Å²) in [5.74, 6) is 1.39. The fraction of sp³-hybridized carbons (Fsp3) is 0.0196. The summed E-state index contributed by atoms with van der Waals surface area (Å²) < 4.78 is 9.15. The van der Waals surface area contributed by atoms with Crippen LogP contribution in [-0.2, 0) is 0 Å². The van der Waals surface area contributed by atoms with Crippen molar-refractivity contribution in [1.82, 2.24) is 9.88 Å². The van der Waals surface area contributed by atoms with Crippen molar-refractivity contribution in [3.05, 3.63) is 211 Å².